The van der Waals surface area contributed by atoms with Crippen molar-refractivity contribution in [3.63, 3.8) is 0 Å². The maximum Gasteiger partial charge on any atom is 0.0537 e. The van der Waals surface area contributed by atoms with E-state index in [0.29, 0.717) is 5.92 Å². The standard InChI is InChI=1S/C26H23N/c1-18-10-12-20(13-11-18)21-14-16-22(17-15-21)27-25-9-4-3-7-23(25)24-8-5-6-19(2)26(24)27/h3-5,7-17,19H,6H2,1-2H3. The molecule has 3 aromatic carbocycles. The van der Waals surface area contributed by atoms with Crippen molar-refractivity contribution in [3.05, 3.63) is 95.7 Å². The third kappa shape index (κ3) is 2.62. The van der Waals surface area contributed by atoms with Crippen LogP contribution < -0.4 is 0 Å². The number of para-hydroxylation sites is 1. The minimum Gasteiger partial charge on any atom is -0.313 e. The normalized spacial score (nSPS) is 15.9. The fourth-order valence-corrected chi connectivity index (χ4v) is 4.27. The summed E-state index contributed by atoms with van der Waals surface area (Å²) in [7, 11) is 0. The van der Waals surface area contributed by atoms with Crippen LogP contribution in [0.15, 0.2) is 78.9 Å². The van der Waals surface area contributed by atoms with E-state index in [-0.39, 0.29) is 0 Å². The summed E-state index contributed by atoms with van der Waals surface area (Å²) in [5.41, 5.74) is 9.17. The van der Waals surface area contributed by atoms with E-state index in [9.17, 15) is 0 Å². The second-order valence-electron chi connectivity index (χ2n) is 7.60. The Balaban J connectivity index is 1.67. The summed E-state index contributed by atoms with van der Waals surface area (Å²) in [6.45, 7) is 4.46. The highest BCUT2D eigenvalue weighted by atomic mass is 15.0. The number of benzene rings is 3. The lowest BCUT2D eigenvalue weighted by Gasteiger charge is -2.19. The van der Waals surface area contributed by atoms with Crippen LogP contribution in [0.2, 0.25) is 0 Å². The molecular formula is C26H23N. The predicted octanol–water partition coefficient (Wildman–Crippen LogP) is 7.13. The smallest absolute Gasteiger partial charge is 0.0537 e. The van der Waals surface area contributed by atoms with Gasteiger partial charge in [0.2, 0.25) is 0 Å². The average molecular weight is 349 g/mol. The zero-order valence-electron chi connectivity index (χ0n) is 15.8. The first-order chi connectivity index (χ1) is 13.2. The van der Waals surface area contributed by atoms with Crippen LogP contribution in [-0.4, -0.2) is 4.57 Å². The Kier molecular flexibility index (Phi) is 3.75. The molecule has 1 heterocycles. The van der Waals surface area contributed by atoms with E-state index in [1.807, 2.05) is 0 Å². The number of aromatic nitrogens is 1. The number of nitrogens with zero attached hydrogens (tertiary/aromatic N) is 1. The minimum atomic E-state index is 0.522. The first-order valence-corrected chi connectivity index (χ1v) is 9.70. The molecule has 1 nitrogen and oxygen atoms in total. The fraction of sp³-hybridized carbons (Fsp3) is 0.154. The van der Waals surface area contributed by atoms with Gasteiger partial charge in [0, 0.05) is 28.2 Å². The molecule has 0 radical (unpaired) electrons. The van der Waals surface area contributed by atoms with Gasteiger partial charge in [-0.3, -0.25) is 0 Å². The van der Waals surface area contributed by atoms with E-state index in [1.54, 1.807) is 0 Å². The van der Waals surface area contributed by atoms with E-state index < -0.39 is 0 Å². The largest absolute Gasteiger partial charge is 0.313 e. The van der Waals surface area contributed by atoms with E-state index >= 15 is 0 Å². The Morgan fingerprint density at radius 3 is 2.22 bits per heavy atom. The highest BCUT2D eigenvalue weighted by Crippen LogP contribution is 2.39. The summed E-state index contributed by atoms with van der Waals surface area (Å²) in [4.78, 5) is 0. The fourth-order valence-electron chi connectivity index (χ4n) is 4.27. The maximum atomic E-state index is 2.46. The van der Waals surface area contributed by atoms with E-state index in [1.165, 1.54) is 44.5 Å². The van der Waals surface area contributed by atoms with Crippen LogP contribution in [0.1, 0.15) is 36.1 Å². The lowest BCUT2D eigenvalue weighted by Crippen LogP contribution is -2.06. The molecule has 27 heavy (non-hydrogen) atoms. The van der Waals surface area contributed by atoms with Crippen LogP contribution in [0.3, 0.4) is 0 Å². The molecule has 0 aliphatic heterocycles. The number of hydrogen-bond acceptors (Lipinski definition) is 0. The lowest BCUT2D eigenvalue weighted by molar-refractivity contribution is 0.723. The lowest BCUT2D eigenvalue weighted by atomic mass is 9.93. The number of aryl methyl sites for hydroxylation is 1. The molecule has 0 saturated carbocycles. The Morgan fingerprint density at radius 1 is 0.815 bits per heavy atom. The molecule has 5 rings (SSSR count). The van der Waals surface area contributed by atoms with E-state index in [2.05, 4.69) is 103 Å². The van der Waals surface area contributed by atoms with Crippen LogP contribution in [0.25, 0.3) is 33.8 Å². The zero-order valence-corrected chi connectivity index (χ0v) is 15.8. The van der Waals surface area contributed by atoms with Crippen molar-refractivity contribution in [1.82, 2.24) is 4.57 Å². The molecule has 4 aromatic rings. The number of allylic oxidation sites excluding steroid dienone is 1. The highest BCUT2D eigenvalue weighted by Gasteiger charge is 2.22. The van der Waals surface area contributed by atoms with Crippen molar-refractivity contribution < 1.29 is 0 Å². The van der Waals surface area contributed by atoms with Gasteiger partial charge in [0.15, 0.2) is 0 Å². The van der Waals surface area contributed by atoms with Crippen molar-refractivity contribution in [2.24, 2.45) is 0 Å². The predicted molar refractivity (Wildman–Crippen MR) is 116 cm³/mol. The third-order valence-corrected chi connectivity index (χ3v) is 5.70. The summed E-state index contributed by atoms with van der Waals surface area (Å²) in [5, 5.41) is 1.35. The second-order valence-corrected chi connectivity index (χ2v) is 7.60. The van der Waals surface area contributed by atoms with Crippen molar-refractivity contribution >= 4 is 17.0 Å². The van der Waals surface area contributed by atoms with Crippen LogP contribution in [0.5, 0.6) is 0 Å². The molecule has 0 N–H and O–H groups in total. The summed E-state index contributed by atoms with van der Waals surface area (Å²) in [6.07, 6.45) is 5.71. The Labute approximate surface area is 160 Å². The van der Waals surface area contributed by atoms with E-state index in [4.69, 9.17) is 0 Å². The SMILES string of the molecule is Cc1ccc(-c2ccc(-n3c4c(c5ccccc53)C=CCC4C)cc2)cc1. The molecule has 1 aliphatic rings. The van der Waals surface area contributed by atoms with Gasteiger partial charge >= 0.3 is 0 Å². The van der Waals surface area contributed by atoms with Gasteiger partial charge in [-0.15, -0.1) is 0 Å². The van der Waals surface area contributed by atoms with Crippen LogP contribution in [0.4, 0.5) is 0 Å². The van der Waals surface area contributed by atoms with E-state index in [0.717, 1.165) is 6.42 Å². The molecule has 132 valence electrons. The Bertz CT molecular complexity index is 1140. The van der Waals surface area contributed by atoms with Gasteiger partial charge in [0.25, 0.3) is 0 Å². The molecule has 1 aliphatic carbocycles. The monoisotopic (exact) mass is 349 g/mol. The van der Waals surface area contributed by atoms with Gasteiger partial charge < -0.3 is 4.57 Å². The first kappa shape index (κ1) is 16.1. The van der Waals surface area contributed by atoms with Gasteiger partial charge in [-0.05, 0) is 42.7 Å². The summed E-state index contributed by atoms with van der Waals surface area (Å²) < 4.78 is 2.46. The molecule has 0 saturated heterocycles. The van der Waals surface area contributed by atoms with Crippen molar-refractivity contribution in [3.8, 4) is 16.8 Å². The molecule has 1 unspecified atom stereocenters. The third-order valence-electron chi connectivity index (χ3n) is 5.70. The molecular weight excluding hydrogens is 326 g/mol. The Morgan fingerprint density at radius 2 is 1.48 bits per heavy atom. The first-order valence-electron chi connectivity index (χ1n) is 9.70. The van der Waals surface area contributed by atoms with Crippen molar-refractivity contribution in [2.75, 3.05) is 0 Å². The van der Waals surface area contributed by atoms with Gasteiger partial charge in [-0.1, -0.05) is 79.2 Å². The van der Waals surface area contributed by atoms with Crippen molar-refractivity contribution in [1.29, 1.82) is 0 Å². The quantitative estimate of drug-likeness (QED) is 0.363. The molecule has 0 bridgehead atoms. The second kappa shape index (κ2) is 6.28. The van der Waals surface area contributed by atoms with Crippen molar-refractivity contribution in [2.45, 2.75) is 26.2 Å². The topological polar surface area (TPSA) is 4.93 Å². The van der Waals surface area contributed by atoms with Crippen LogP contribution in [0, 0.1) is 6.92 Å². The summed E-state index contributed by atoms with van der Waals surface area (Å²) in [5.74, 6) is 0.522. The average Bonchev–Trinajstić information content (AvgIpc) is 3.05. The van der Waals surface area contributed by atoms with Crippen LogP contribution >= 0.6 is 0 Å². The van der Waals surface area contributed by atoms with Crippen LogP contribution in [-0.2, 0) is 0 Å². The van der Waals surface area contributed by atoms with Gasteiger partial charge in [0.05, 0.1) is 5.52 Å². The minimum absolute atomic E-state index is 0.522. The molecule has 0 fully saturated rings. The number of rotatable bonds is 2. The zero-order chi connectivity index (χ0) is 18.4. The molecule has 0 spiro atoms. The van der Waals surface area contributed by atoms with Gasteiger partial charge in [-0.25, -0.2) is 0 Å². The molecule has 0 amide bonds. The Hall–Kier alpha value is -3.06. The van der Waals surface area contributed by atoms with Gasteiger partial charge in [0.1, 0.15) is 0 Å². The maximum absolute atomic E-state index is 2.46. The molecule has 1 heteroatoms. The number of fused-ring (bicyclic) bond motifs is 3. The molecule has 1 aromatic heterocycles. The summed E-state index contributed by atoms with van der Waals surface area (Å²) in [6, 6.07) is 26.5. The molecule has 1 atom stereocenters. The van der Waals surface area contributed by atoms with Gasteiger partial charge in [-0.2, -0.15) is 0 Å². The number of hydrogen-bond donors (Lipinski definition) is 0. The highest BCUT2D eigenvalue weighted by molar-refractivity contribution is 5.93. The summed E-state index contributed by atoms with van der Waals surface area (Å²) >= 11 is 0.